The topological polar surface area (TPSA) is 91.8 Å². The summed E-state index contributed by atoms with van der Waals surface area (Å²) in [6, 6.07) is -1.21. The number of amides is 2. The highest BCUT2D eigenvalue weighted by molar-refractivity contribution is 7.09. The first kappa shape index (κ1) is 17.7. The lowest BCUT2D eigenvalue weighted by atomic mass is 10.2. The van der Waals surface area contributed by atoms with E-state index in [1.165, 1.54) is 11.3 Å². The van der Waals surface area contributed by atoms with Gasteiger partial charge in [-0.15, -0.1) is 11.3 Å². The molecule has 2 amide bonds. The number of carbonyl (C=O) groups is 2. The fraction of sp³-hybridized carbons (Fsp3) is 0.667. The summed E-state index contributed by atoms with van der Waals surface area (Å²) in [4.78, 5) is 30.4. The number of rotatable bonds is 9. The summed E-state index contributed by atoms with van der Waals surface area (Å²) in [6.07, 6.45) is 3.63. The number of nitrogens with zero attached hydrogens (tertiary/aromatic N) is 2. The van der Waals surface area contributed by atoms with Gasteiger partial charge in [0.1, 0.15) is 0 Å². The van der Waals surface area contributed by atoms with E-state index in [9.17, 15) is 14.7 Å². The molecule has 0 bridgehead atoms. The van der Waals surface area contributed by atoms with Gasteiger partial charge in [0, 0.05) is 23.7 Å². The molecule has 1 fully saturated rings. The summed E-state index contributed by atoms with van der Waals surface area (Å²) in [5.41, 5.74) is 1.72. The Hall–Kier alpha value is -1.67. The molecular weight excluding hydrogens is 318 g/mol. The molecule has 0 aromatic carbocycles. The Labute approximate surface area is 139 Å². The SMILES string of the molecule is CC(C)COC[C@H](NC(=O)N(Cc1cncs1)C1CC1)C(=O)O. The zero-order valence-electron chi connectivity index (χ0n) is 13.4. The van der Waals surface area contributed by atoms with Crippen LogP contribution in [0.2, 0.25) is 0 Å². The van der Waals surface area contributed by atoms with E-state index in [1.54, 1.807) is 16.6 Å². The Bertz CT molecular complexity index is 517. The lowest BCUT2D eigenvalue weighted by Crippen LogP contribution is -2.50. The fourth-order valence-electron chi connectivity index (χ4n) is 2.07. The number of carboxylic acids is 1. The van der Waals surface area contributed by atoms with Crippen molar-refractivity contribution in [2.24, 2.45) is 5.92 Å². The van der Waals surface area contributed by atoms with E-state index in [2.05, 4.69) is 10.3 Å². The Morgan fingerprint density at radius 2 is 2.22 bits per heavy atom. The van der Waals surface area contributed by atoms with E-state index < -0.39 is 12.0 Å². The lowest BCUT2D eigenvalue weighted by molar-refractivity contribution is -0.141. The molecule has 1 aliphatic rings. The van der Waals surface area contributed by atoms with E-state index >= 15 is 0 Å². The van der Waals surface area contributed by atoms with Crippen LogP contribution in [-0.4, -0.2) is 52.3 Å². The van der Waals surface area contributed by atoms with Crippen molar-refractivity contribution in [2.75, 3.05) is 13.2 Å². The van der Waals surface area contributed by atoms with Crippen LogP contribution in [0.1, 0.15) is 31.6 Å². The number of hydrogen-bond acceptors (Lipinski definition) is 5. The second-order valence-corrected chi connectivity index (χ2v) is 7.07. The van der Waals surface area contributed by atoms with E-state index in [1.807, 2.05) is 13.8 Å². The zero-order chi connectivity index (χ0) is 16.8. The smallest absolute Gasteiger partial charge is 0.328 e. The van der Waals surface area contributed by atoms with Crippen LogP contribution in [0.4, 0.5) is 4.79 Å². The van der Waals surface area contributed by atoms with Crippen LogP contribution in [0, 0.1) is 5.92 Å². The van der Waals surface area contributed by atoms with Gasteiger partial charge >= 0.3 is 12.0 Å². The number of aliphatic carboxylic acids is 1. The predicted octanol–water partition coefficient (Wildman–Crippen LogP) is 1.94. The molecule has 1 aliphatic carbocycles. The molecule has 0 spiro atoms. The van der Waals surface area contributed by atoms with Crippen molar-refractivity contribution >= 4 is 23.3 Å². The van der Waals surface area contributed by atoms with E-state index in [-0.39, 0.29) is 18.7 Å². The standard InChI is InChI=1S/C15H23N3O4S/c1-10(2)7-22-8-13(14(19)20)17-15(21)18(11-3-4-11)6-12-5-16-9-23-12/h5,9-11,13H,3-4,6-8H2,1-2H3,(H,17,21)(H,19,20)/t13-/m0/s1. The number of thiazole rings is 1. The second kappa shape index (κ2) is 8.26. The first-order valence-electron chi connectivity index (χ1n) is 7.72. The Morgan fingerprint density at radius 3 is 2.74 bits per heavy atom. The minimum atomic E-state index is -1.09. The van der Waals surface area contributed by atoms with Crippen molar-refractivity contribution in [1.29, 1.82) is 0 Å². The molecule has 8 heteroatoms. The normalized spacial score (nSPS) is 15.4. The van der Waals surface area contributed by atoms with Crippen LogP contribution in [0.25, 0.3) is 0 Å². The third-order valence-corrected chi connectivity index (χ3v) is 4.15. The Kier molecular flexibility index (Phi) is 6.35. The van der Waals surface area contributed by atoms with Gasteiger partial charge < -0.3 is 20.1 Å². The fourth-order valence-corrected chi connectivity index (χ4v) is 2.66. The van der Waals surface area contributed by atoms with Crippen molar-refractivity contribution in [2.45, 2.75) is 45.3 Å². The average Bonchev–Trinajstić information content (AvgIpc) is 3.19. The third kappa shape index (κ3) is 5.80. The predicted molar refractivity (Wildman–Crippen MR) is 86.3 cm³/mol. The van der Waals surface area contributed by atoms with Crippen LogP contribution >= 0.6 is 11.3 Å². The van der Waals surface area contributed by atoms with Crippen molar-refractivity contribution < 1.29 is 19.4 Å². The number of nitrogens with one attached hydrogen (secondary N) is 1. The van der Waals surface area contributed by atoms with Crippen molar-refractivity contribution in [1.82, 2.24) is 15.2 Å². The summed E-state index contributed by atoms with van der Waals surface area (Å²) in [5.74, 6) is -0.773. The van der Waals surface area contributed by atoms with Gasteiger partial charge in [0.25, 0.3) is 0 Å². The summed E-state index contributed by atoms with van der Waals surface area (Å²) < 4.78 is 5.36. The van der Waals surface area contributed by atoms with Crippen LogP contribution in [0.3, 0.4) is 0 Å². The highest BCUT2D eigenvalue weighted by Gasteiger charge is 2.34. The number of ether oxygens (including phenoxy) is 1. The number of urea groups is 1. The van der Waals surface area contributed by atoms with E-state index in [0.29, 0.717) is 19.1 Å². The van der Waals surface area contributed by atoms with Crippen LogP contribution < -0.4 is 5.32 Å². The van der Waals surface area contributed by atoms with Crippen molar-refractivity contribution in [3.63, 3.8) is 0 Å². The van der Waals surface area contributed by atoms with Crippen molar-refractivity contribution in [3.8, 4) is 0 Å². The maximum atomic E-state index is 12.4. The first-order chi connectivity index (χ1) is 11.0. The highest BCUT2D eigenvalue weighted by Crippen LogP contribution is 2.29. The van der Waals surface area contributed by atoms with Gasteiger partial charge in [-0.3, -0.25) is 4.98 Å². The molecule has 2 rings (SSSR count). The summed E-state index contributed by atoms with van der Waals surface area (Å²) >= 11 is 1.48. The van der Waals surface area contributed by atoms with Crippen LogP contribution in [-0.2, 0) is 16.1 Å². The maximum Gasteiger partial charge on any atom is 0.328 e. The molecule has 23 heavy (non-hydrogen) atoms. The lowest BCUT2D eigenvalue weighted by Gasteiger charge is -2.24. The molecule has 128 valence electrons. The highest BCUT2D eigenvalue weighted by atomic mass is 32.1. The number of hydrogen-bond donors (Lipinski definition) is 2. The minimum absolute atomic E-state index is 0.0294. The number of carboxylic acid groups (broad SMARTS) is 1. The van der Waals surface area contributed by atoms with Crippen LogP contribution in [0.15, 0.2) is 11.7 Å². The molecule has 0 unspecified atom stereocenters. The second-order valence-electron chi connectivity index (χ2n) is 6.10. The minimum Gasteiger partial charge on any atom is -0.480 e. The summed E-state index contributed by atoms with van der Waals surface area (Å²) in [5, 5.41) is 11.8. The quantitative estimate of drug-likeness (QED) is 0.716. The number of carbonyl (C=O) groups excluding carboxylic acids is 1. The molecule has 0 aliphatic heterocycles. The third-order valence-electron chi connectivity index (χ3n) is 3.39. The molecule has 1 atom stereocenters. The van der Waals surface area contributed by atoms with Gasteiger partial charge in [-0.25, -0.2) is 9.59 Å². The first-order valence-corrected chi connectivity index (χ1v) is 8.60. The van der Waals surface area contributed by atoms with Crippen LogP contribution in [0.5, 0.6) is 0 Å². The molecule has 2 N–H and O–H groups in total. The monoisotopic (exact) mass is 341 g/mol. The molecule has 1 heterocycles. The van der Waals surface area contributed by atoms with E-state index in [0.717, 1.165) is 17.7 Å². The van der Waals surface area contributed by atoms with Gasteiger partial charge in [-0.05, 0) is 18.8 Å². The van der Waals surface area contributed by atoms with Gasteiger partial charge in [0.15, 0.2) is 6.04 Å². The zero-order valence-corrected chi connectivity index (χ0v) is 14.2. The molecule has 0 saturated heterocycles. The van der Waals surface area contributed by atoms with Gasteiger partial charge in [-0.1, -0.05) is 13.8 Å². The average molecular weight is 341 g/mol. The molecule has 1 aromatic rings. The largest absolute Gasteiger partial charge is 0.480 e. The maximum absolute atomic E-state index is 12.4. The van der Waals surface area contributed by atoms with Crippen molar-refractivity contribution in [3.05, 3.63) is 16.6 Å². The molecule has 0 radical (unpaired) electrons. The molecule has 1 saturated carbocycles. The molecular formula is C15H23N3O4S. The molecule has 7 nitrogen and oxygen atoms in total. The number of aromatic nitrogens is 1. The Balaban J connectivity index is 1.91. The van der Waals surface area contributed by atoms with E-state index in [4.69, 9.17) is 4.74 Å². The summed E-state index contributed by atoms with van der Waals surface area (Å²) in [6.45, 7) is 4.86. The van der Waals surface area contributed by atoms with Gasteiger partial charge in [0.2, 0.25) is 0 Å². The summed E-state index contributed by atoms with van der Waals surface area (Å²) in [7, 11) is 0. The molecule has 1 aromatic heterocycles. The van der Waals surface area contributed by atoms with Gasteiger partial charge in [0.05, 0.1) is 18.7 Å². The Morgan fingerprint density at radius 1 is 1.48 bits per heavy atom. The van der Waals surface area contributed by atoms with Gasteiger partial charge in [-0.2, -0.15) is 0 Å².